The van der Waals surface area contributed by atoms with Gasteiger partial charge in [-0.15, -0.1) is 0 Å². The van der Waals surface area contributed by atoms with Crippen molar-refractivity contribution < 1.29 is 19.8 Å². The van der Waals surface area contributed by atoms with Gasteiger partial charge in [0.25, 0.3) is 0 Å². The molecule has 0 aliphatic carbocycles. The molecule has 0 aliphatic heterocycles. The molecule has 0 saturated heterocycles. The number of rotatable bonds is 4. The number of benzene rings is 1. The second kappa shape index (κ2) is 6.01. The second-order valence-electron chi connectivity index (χ2n) is 3.69. The van der Waals surface area contributed by atoms with Crippen molar-refractivity contribution in [1.82, 2.24) is 15.0 Å². The smallest absolute Gasteiger partial charge is 0.411 e. The zero-order valence-corrected chi connectivity index (χ0v) is 11.0. The average molecular weight is 310 g/mol. The van der Waals surface area contributed by atoms with Crippen molar-refractivity contribution >= 4 is 41.2 Å². The third-order valence-electron chi connectivity index (χ3n) is 2.21. The number of anilines is 3. The molecule has 2 rings (SSSR count). The molecule has 1 aromatic carbocycles. The Labute approximate surface area is 122 Å². The molecule has 108 valence electrons. The Bertz CT molecular complexity index is 692. The van der Waals surface area contributed by atoms with Crippen LogP contribution in [0.4, 0.5) is 22.4 Å². The maximum Gasteiger partial charge on any atom is 0.411 e. The van der Waals surface area contributed by atoms with Crippen LogP contribution < -0.4 is 10.6 Å². The summed E-state index contributed by atoms with van der Waals surface area (Å²) in [6.45, 7) is 0. The Morgan fingerprint density at radius 2 is 1.62 bits per heavy atom. The second-order valence-corrected chi connectivity index (χ2v) is 4.03. The Kier molecular flexibility index (Phi) is 4.14. The molecule has 4 N–H and O–H groups in total. The van der Waals surface area contributed by atoms with Crippen molar-refractivity contribution in [1.29, 1.82) is 0 Å². The fraction of sp³-hybridized carbons (Fsp3) is 0. The molecule has 0 atom stereocenters. The van der Waals surface area contributed by atoms with E-state index in [2.05, 4.69) is 20.3 Å². The van der Waals surface area contributed by atoms with E-state index in [1.807, 2.05) is 5.32 Å². The summed E-state index contributed by atoms with van der Waals surface area (Å²) in [7, 11) is 0. The van der Waals surface area contributed by atoms with E-state index in [9.17, 15) is 9.59 Å². The first-order valence-corrected chi connectivity index (χ1v) is 5.84. The number of halogens is 1. The summed E-state index contributed by atoms with van der Waals surface area (Å²) >= 11 is 5.65. The summed E-state index contributed by atoms with van der Waals surface area (Å²) in [5, 5.41) is 21.9. The number of aromatic carboxylic acids is 1. The first-order valence-electron chi connectivity index (χ1n) is 5.46. The van der Waals surface area contributed by atoms with E-state index < -0.39 is 12.1 Å². The maximum absolute atomic E-state index is 10.7. The van der Waals surface area contributed by atoms with Crippen LogP contribution in [0.25, 0.3) is 0 Å². The van der Waals surface area contributed by atoms with Crippen LogP contribution in [0.2, 0.25) is 5.28 Å². The maximum atomic E-state index is 10.7. The molecule has 2 aromatic rings. The lowest BCUT2D eigenvalue weighted by molar-refractivity contribution is 0.0697. The van der Waals surface area contributed by atoms with Gasteiger partial charge in [0.15, 0.2) is 0 Å². The molecule has 1 aromatic heterocycles. The van der Waals surface area contributed by atoms with Crippen molar-refractivity contribution in [2.75, 3.05) is 10.6 Å². The normalized spacial score (nSPS) is 9.95. The summed E-state index contributed by atoms with van der Waals surface area (Å²) in [5.41, 5.74) is 0.631. The van der Waals surface area contributed by atoms with Crippen molar-refractivity contribution in [3.05, 3.63) is 35.1 Å². The number of carboxylic acids is 1. The number of aromatic nitrogens is 3. The van der Waals surface area contributed by atoms with Crippen LogP contribution in [0.15, 0.2) is 24.3 Å². The molecule has 1 amide bonds. The number of nitrogens with one attached hydrogen (secondary N) is 2. The summed E-state index contributed by atoms with van der Waals surface area (Å²) in [6.07, 6.45) is -1.34. The van der Waals surface area contributed by atoms with Gasteiger partial charge >= 0.3 is 12.1 Å². The highest BCUT2D eigenvalue weighted by molar-refractivity contribution is 6.28. The number of hydrogen-bond acceptors (Lipinski definition) is 6. The van der Waals surface area contributed by atoms with Gasteiger partial charge in [-0.25, -0.2) is 9.59 Å². The summed E-state index contributed by atoms with van der Waals surface area (Å²) < 4.78 is 0. The molecule has 0 fully saturated rings. The van der Waals surface area contributed by atoms with Gasteiger partial charge in [-0.2, -0.15) is 15.0 Å². The van der Waals surface area contributed by atoms with E-state index in [1.165, 1.54) is 24.3 Å². The number of nitrogens with zero attached hydrogens (tertiary/aromatic N) is 3. The Balaban J connectivity index is 2.20. The van der Waals surface area contributed by atoms with Crippen molar-refractivity contribution in [3.8, 4) is 0 Å². The lowest BCUT2D eigenvalue weighted by Crippen LogP contribution is -2.12. The SMILES string of the molecule is O=C(O)Nc1nc(Cl)nc(Nc2ccc(C(=O)O)cc2)n1. The lowest BCUT2D eigenvalue weighted by atomic mass is 10.2. The van der Waals surface area contributed by atoms with Gasteiger partial charge in [0.05, 0.1) is 5.56 Å². The van der Waals surface area contributed by atoms with E-state index >= 15 is 0 Å². The minimum absolute atomic E-state index is 0.0156. The fourth-order valence-corrected chi connectivity index (χ4v) is 1.54. The van der Waals surface area contributed by atoms with E-state index in [4.69, 9.17) is 21.8 Å². The third-order valence-corrected chi connectivity index (χ3v) is 2.38. The van der Waals surface area contributed by atoms with Gasteiger partial charge < -0.3 is 15.5 Å². The highest BCUT2D eigenvalue weighted by Gasteiger charge is 2.08. The zero-order valence-electron chi connectivity index (χ0n) is 10.2. The van der Waals surface area contributed by atoms with E-state index in [1.54, 1.807) is 0 Å². The van der Waals surface area contributed by atoms with E-state index in [0.29, 0.717) is 5.69 Å². The predicted octanol–water partition coefficient (Wildman–Crippen LogP) is 2.06. The molecule has 0 aliphatic rings. The molecule has 9 nitrogen and oxygen atoms in total. The molecule has 0 saturated carbocycles. The van der Waals surface area contributed by atoms with E-state index in [0.717, 1.165) is 0 Å². The minimum Gasteiger partial charge on any atom is -0.478 e. The summed E-state index contributed by atoms with van der Waals surface area (Å²) in [4.78, 5) is 32.4. The first kappa shape index (κ1) is 14.5. The van der Waals surface area contributed by atoms with Gasteiger partial charge in [-0.1, -0.05) is 0 Å². The number of hydrogen-bond donors (Lipinski definition) is 4. The Morgan fingerprint density at radius 3 is 2.19 bits per heavy atom. The van der Waals surface area contributed by atoms with Gasteiger partial charge in [0.1, 0.15) is 0 Å². The molecule has 0 bridgehead atoms. The van der Waals surface area contributed by atoms with Crippen molar-refractivity contribution in [3.63, 3.8) is 0 Å². The number of amides is 1. The Morgan fingerprint density at radius 1 is 1.00 bits per heavy atom. The first-order chi connectivity index (χ1) is 9.94. The van der Waals surface area contributed by atoms with Crippen LogP contribution in [0.5, 0.6) is 0 Å². The van der Waals surface area contributed by atoms with Crippen LogP contribution in [-0.4, -0.2) is 37.2 Å². The van der Waals surface area contributed by atoms with Gasteiger partial charge in [-0.3, -0.25) is 5.32 Å². The van der Waals surface area contributed by atoms with Gasteiger partial charge in [0.2, 0.25) is 17.2 Å². The quantitative estimate of drug-likeness (QED) is 0.673. The fourth-order valence-electron chi connectivity index (χ4n) is 1.38. The van der Waals surface area contributed by atoms with Crippen molar-refractivity contribution in [2.45, 2.75) is 0 Å². The highest BCUT2D eigenvalue weighted by Crippen LogP contribution is 2.16. The standard InChI is InChI=1S/C11H8ClN5O4/c12-8-14-9(16-10(15-8)17-11(20)21)13-6-3-1-5(2-4-6)7(18)19/h1-4H,(H,18,19)(H,20,21)(H2,13,14,15,16,17). The third kappa shape index (κ3) is 4.01. The van der Waals surface area contributed by atoms with Crippen LogP contribution in [0.1, 0.15) is 10.4 Å². The molecular weight excluding hydrogens is 302 g/mol. The van der Waals surface area contributed by atoms with Gasteiger partial charge in [-0.05, 0) is 35.9 Å². The molecular formula is C11H8ClN5O4. The molecule has 0 spiro atoms. The van der Waals surface area contributed by atoms with Crippen LogP contribution in [-0.2, 0) is 0 Å². The lowest BCUT2D eigenvalue weighted by Gasteiger charge is -2.06. The average Bonchev–Trinajstić information content (AvgIpc) is 2.37. The Hall–Kier alpha value is -2.94. The predicted molar refractivity (Wildman–Crippen MR) is 73.2 cm³/mol. The van der Waals surface area contributed by atoms with Crippen LogP contribution >= 0.6 is 11.6 Å². The van der Waals surface area contributed by atoms with Crippen LogP contribution in [0.3, 0.4) is 0 Å². The molecule has 0 radical (unpaired) electrons. The molecule has 0 unspecified atom stereocenters. The van der Waals surface area contributed by atoms with Crippen molar-refractivity contribution in [2.24, 2.45) is 0 Å². The summed E-state index contributed by atoms with van der Waals surface area (Å²) in [6, 6.07) is 5.80. The van der Waals surface area contributed by atoms with Gasteiger partial charge in [0, 0.05) is 5.69 Å². The monoisotopic (exact) mass is 309 g/mol. The van der Waals surface area contributed by atoms with E-state index in [-0.39, 0.29) is 22.7 Å². The minimum atomic E-state index is -1.34. The number of carboxylic acid groups (broad SMARTS) is 2. The largest absolute Gasteiger partial charge is 0.478 e. The molecule has 1 heterocycles. The number of carbonyl (C=O) groups is 2. The molecule has 21 heavy (non-hydrogen) atoms. The topological polar surface area (TPSA) is 137 Å². The highest BCUT2D eigenvalue weighted by atomic mass is 35.5. The summed E-state index contributed by atoms with van der Waals surface area (Å²) in [5.74, 6) is -1.26. The van der Waals surface area contributed by atoms with Crippen LogP contribution in [0, 0.1) is 0 Å². The molecule has 10 heteroatoms. The zero-order chi connectivity index (χ0) is 15.4.